The molecule has 0 bridgehead atoms. The Bertz CT molecular complexity index is 492. The highest BCUT2D eigenvalue weighted by Gasteiger charge is 2.24. The fraction of sp³-hybridized carbons (Fsp3) is 0.588. The molecule has 0 amide bonds. The molecule has 2 fully saturated rings. The van der Waals surface area contributed by atoms with Crippen molar-refractivity contribution in [1.82, 2.24) is 4.90 Å². The van der Waals surface area contributed by atoms with E-state index >= 15 is 0 Å². The highest BCUT2D eigenvalue weighted by molar-refractivity contribution is 6.31. The molecule has 4 heteroatoms. The Hall–Kier alpha value is -1.06. The molecule has 114 valence electrons. The summed E-state index contributed by atoms with van der Waals surface area (Å²) in [5.74, 6) is 0.804. The van der Waals surface area contributed by atoms with Gasteiger partial charge in [0.05, 0.1) is 0 Å². The van der Waals surface area contributed by atoms with Crippen LogP contribution in [0, 0.1) is 5.92 Å². The number of carbonyl (C=O) groups is 1. The number of carbonyl (C=O) groups excluding carboxylic acids is 1. The minimum atomic E-state index is 0.704. The van der Waals surface area contributed by atoms with Crippen LogP contribution in [-0.2, 0) is 0 Å². The molecule has 3 rings (SSSR count). The lowest BCUT2D eigenvalue weighted by Crippen LogP contribution is -2.38. The van der Waals surface area contributed by atoms with E-state index in [4.69, 9.17) is 11.6 Å². The van der Waals surface area contributed by atoms with Crippen molar-refractivity contribution in [2.24, 2.45) is 5.92 Å². The van der Waals surface area contributed by atoms with Crippen LogP contribution in [0.3, 0.4) is 0 Å². The van der Waals surface area contributed by atoms with Gasteiger partial charge in [-0.25, -0.2) is 0 Å². The van der Waals surface area contributed by atoms with Crippen LogP contribution in [0.5, 0.6) is 0 Å². The quantitative estimate of drug-likeness (QED) is 0.796. The first-order valence-electron chi connectivity index (χ1n) is 7.98. The van der Waals surface area contributed by atoms with Crippen LogP contribution in [0.2, 0.25) is 5.02 Å². The summed E-state index contributed by atoms with van der Waals surface area (Å²) in [5, 5.41) is 0.704. The van der Waals surface area contributed by atoms with Crippen molar-refractivity contribution in [3.63, 3.8) is 0 Å². The smallest absolute Gasteiger partial charge is 0.152 e. The number of nitrogens with zero attached hydrogens (tertiary/aromatic N) is 2. The van der Waals surface area contributed by atoms with Crippen LogP contribution in [0.25, 0.3) is 0 Å². The van der Waals surface area contributed by atoms with Crippen LogP contribution < -0.4 is 4.90 Å². The van der Waals surface area contributed by atoms with Gasteiger partial charge in [-0.15, -0.1) is 0 Å². The summed E-state index contributed by atoms with van der Waals surface area (Å²) in [6, 6.07) is 5.53. The maximum Gasteiger partial charge on any atom is 0.152 e. The van der Waals surface area contributed by atoms with Crippen molar-refractivity contribution in [3.05, 3.63) is 28.8 Å². The maximum absolute atomic E-state index is 11.2. The molecular formula is C17H23ClN2O. The minimum absolute atomic E-state index is 0.704. The summed E-state index contributed by atoms with van der Waals surface area (Å²) < 4.78 is 0. The van der Waals surface area contributed by atoms with Gasteiger partial charge in [0, 0.05) is 35.9 Å². The fourth-order valence-electron chi connectivity index (χ4n) is 3.58. The summed E-state index contributed by atoms with van der Waals surface area (Å²) in [4.78, 5) is 16.1. The van der Waals surface area contributed by atoms with Gasteiger partial charge in [0.1, 0.15) is 0 Å². The third-order valence-corrected chi connectivity index (χ3v) is 5.02. The molecule has 0 unspecified atom stereocenters. The second-order valence-corrected chi connectivity index (χ2v) is 6.70. The summed E-state index contributed by atoms with van der Waals surface area (Å²) >= 11 is 6.09. The van der Waals surface area contributed by atoms with Gasteiger partial charge < -0.3 is 9.80 Å². The van der Waals surface area contributed by atoms with Gasteiger partial charge in [0.2, 0.25) is 0 Å². The Kier molecular flexibility index (Phi) is 4.81. The van der Waals surface area contributed by atoms with Gasteiger partial charge in [-0.05, 0) is 62.9 Å². The molecule has 2 aliphatic rings. The zero-order chi connectivity index (χ0) is 14.7. The van der Waals surface area contributed by atoms with E-state index in [2.05, 4.69) is 9.80 Å². The number of hydrogen-bond donors (Lipinski definition) is 0. The van der Waals surface area contributed by atoms with Crippen LogP contribution in [-0.4, -0.2) is 43.9 Å². The van der Waals surface area contributed by atoms with E-state index in [1.807, 2.05) is 12.1 Å². The predicted molar refractivity (Wildman–Crippen MR) is 87.5 cm³/mol. The monoisotopic (exact) mass is 306 g/mol. The lowest BCUT2D eigenvalue weighted by molar-refractivity contribution is 0.112. The number of rotatable bonds is 4. The number of hydrogen-bond acceptors (Lipinski definition) is 3. The lowest BCUT2D eigenvalue weighted by atomic mass is 9.95. The van der Waals surface area contributed by atoms with Gasteiger partial charge in [-0.1, -0.05) is 11.6 Å². The van der Waals surface area contributed by atoms with Crippen molar-refractivity contribution in [2.75, 3.05) is 37.6 Å². The summed E-state index contributed by atoms with van der Waals surface area (Å²) in [5.41, 5.74) is 1.74. The molecule has 2 aliphatic heterocycles. The van der Waals surface area contributed by atoms with Gasteiger partial charge >= 0.3 is 0 Å². The molecule has 2 saturated heterocycles. The van der Waals surface area contributed by atoms with E-state index in [0.29, 0.717) is 5.02 Å². The molecule has 0 spiro atoms. The number of piperidine rings is 1. The second-order valence-electron chi connectivity index (χ2n) is 6.26. The standard InChI is InChI=1S/C17H23ClN2O/c18-16-4-3-15(13-21)17(11-16)20-9-5-14(6-10-20)12-19-7-1-2-8-19/h3-4,11,13-14H,1-2,5-10,12H2. The molecule has 0 saturated carbocycles. The Labute approximate surface area is 131 Å². The molecule has 0 aromatic heterocycles. The molecule has 0 atom stereocenters. The third kappa shape index (κ3) is 3.58. The van der Waals surface area contributed by atoms with Crippen LogP contribution in [0.1, 0.15) is 36.0 Å². The van der Waals surface area contributed by atoms with E-state index in [1.54, 1.807) is 6.07 Å². The number of aldehydes is 1. The number of benzene rings is 1. The van der Waals surface area contributed by atoms with E-state index in [0.717, 1.165) is 36.5 Å². The number of halogens is 1. The zero-order valence-corrected chi connectivity index (χ0v) is 13.2. The van der Waals surface area contributed by atoms with E-state index < -0.39 is 0 Å². The highest BCUT2D eigenvalue weighted by Crippen LogP contribution is 2.29. The SMILES string of the molecule is O=Cc1ccc(Cl)cc1N1CCC(CN2CCCC2)CC1. The van der Waals surface area contributed by atoms with Crippen LogP contribution in [0.4, 0.5) is 5.69 Å². The largest absolute Gasteiger partial charge is 0.371 e. The van der Waals surface area contributed by atoms with Crippen molar-refractivity contribution in [1.29, 1.82) is 0 Å². The molecule has 1 aromatic rings. The van der Waals surface area contributed by atoms with Gasteiger partial charge in [0.25, 0.3) is 0 Å². The van der Waals surface area contributed by atoms with Crippen LogP contribution in [0.15, 0.2) is 18.2 Å². The highest BCUT2D eigenvalue weighted by atomic mass is 35.5. The Balaban J connectivity index is 1.60. The Morgan fingerprint density at radius 1 is 1.14 bits per heavy atom. The average molecular weight is 307 g/mol. The normalized spacial score (nSPS) is 20.9. The first-order valence-corrected chi connectivity index (χ1v) is 8.36. The maximum atomic E-state index is 11.2. The van der Waals surface area contributed by atoms with Crippen molar-refractivity contribution < 1.29 is 4.79 Å². The molecule has 2 heterocycles. The molecule has 1 aromatic carbocycles. The summed E-state index contributed by atoms with van der Waals surface area (Å²) in [6.45, 7) is 5.87. The Morgan fingerprint density at radius 3 is 2.52 bits per heavy atom. The van der Waals surface area contributed by atoms with Crippen molar-refractivity contribution >= 4 is 23.6 Å². The zero-order valence-electron chi connectivity index (χ0n) is 12.4. The lowest BCUT2D eigenvalue weighted by Gasteiger charge is -2.35. The van der Waals surface area contributed by atoms with E-state index in [-0.39, 0.29) is 0 Å². The number of likely N-dealkylation sites (tertiary alicyclic amines) is 1. The average Bonchev–Trinajstić information content (AvgIpc) is 3.01. The molecule has 0 radical (unpaired) electrons. The third-order valence-electron chi connectivity index (χ3n) is 4.79. The molecular weight excluding hydrogens is 284 g/mol. The predicted octanol–water partition coefficient (Wildman–Crippen LogP) is 3.46. The first kappa shape index (κ1) is 14.9. The Morgan fingerprint density at radius 2 is 1.86 bits per heavy atom. The van der Waals surface area contributed by atoms with Crippen LogP contribution >= 0.6 is 11.6 Å². The molecule has 0 aliphatic carbocycles. The van der Waals surface area contributed by atoms with Gasteiger partial charge in [-0.2, -0.15) is 0 Å². The molecule has 21 heavy (non-hydrogen) atoms. The van der Waals surface area contributed by atoms with E-state index in [1.165, 1.54) is 45.3 Å². The first-order chi connectivity index (χ1) is 10.3. The fourth-order valence-corrected chi connectivity index (χ4v) is 3.74. The van der Waals surface area contributed by atoms with Gasteiger partial charge in [0.15, 0.2) is 6.29 Å². The van der Waals surface area contributed by atoms with E-state index in [9.17, 15) is 4.79 Å². The minimum Gasteiger partial charge on any atom is -0.371 e. The topological polar surface area (TPSA) is 23.6 Å². The summed E-state index contributed by atoms with van der Waals surface area (Å²) in [7, 11) is 0. The van der Waals surface area contributed by atoms with Crippen molar-refractivity contribution in [2.45, 2.75) is 25.7 Å². The molecule has 0 N–H and O–H groups in total. The summed E-state index contributed by atoms with van der Waals surface area (Å²) in [6.07, 6.45) is 6.08. The second kappa shape index (κ2) is 6.80. The molecule has 3 nitrogen and oxygen atoms in total. The van der Waals surface area contributed by atoms with Crippen molar-refractivity contribution in [3.8, 4) is 0 Å². The van der Waals surface area contributed by atoms with Gasteiger partial charge in [-0.3, -0.25) is 4.79 Å². The number of anilines is 1.